The largest absolute Gasteiger partial charge is 0.394 e. The van der Waals surface area contributed by atoms with Gasteiger partial charge in [-0.25, -0.2) is 4.98 Å². The van der Waals surface area contributed by atoms with Gasteiger partial charge < -0.3 is 20.1 Å². The third kappa shape index (κ3) is 1.91. The highest BCUT2D eigenvalue weighted by Crippen LogP contribution is 2.30. The fourth-order valence-corrected chi connectivity index (χ4v) is 2.36. The summed E-state index contributed by atoms with van der Waals surface area (Å²) in [6, 6.07) is 0. The van der Waals surface area contributed by atoms with Crippen LogP contribution in [0.3, 0.4) is 0 Å². The number of hydrogen-bond donors (Lipinski definition) is 4. The van der Waals surface area contributed by atoms with E-state index in [-0.39, 0.29) is 16.4 Å². The van der Waals surface area contributed by atoms with E-state index in [9.17, 15) is 15.0 Å². The third-order valence-electron chi connectivity index (χ3n) is 3.19. The number of rotatable bonds is 2. The van der Waals surface area contributed by atoms with Gasteiger partial charge in [-0.15, -0.1) is 0 Å². The van der Waals surface area contributed by atoms with Crippen molar-refractivity contribution in [2.45, 2.75) is 24.5 Å². The van der Waals surface area contributed by atoms with E-state index in [0.717, 1.165) is 0 Å². The Labute approximate surface area is 116 Å². The summed E-state index contributed by atoms with van der Waals surface area (Å²) >= 11 is 5.68. The highest BCUT2D eigenvalue weighted by molar-refractivity contribution is 6.28. The van der Waals surface area contributed by atoms with E-state index >= 15 is 0 Å². The maximum absolute atomic E-state index is 11.6. The van der Waals surface area contributed by atoms with E-state index in [0.29, 0.717) is 0 Å². The SMILES string of the molecule is O=c1[nH]c(Cl)nc2c1ncn2[C@@H]1O[C@H](CO)[C@H](O)[C@H]1O. The molecule has 2 aromatic heterocycles. The second-order valence-corrected chi connectivity index (χ2v) is 4.77. The van der Waals surface area contributed by atoms with Crippen molar-refractivity contribution in [1.29, 1.82) is 0 Å². The zero-order valence-corrected chi connectivity index (χ0v) is 10.7. The van der Waals surface area contributed by atoms with Gasteiger partial charge in [-0.1, -0.05) is 0 Å². The van der Waals surface area contributed by atoms with E-state index in [1.807, 2.05) is 0 Å². The molecule has 0 bridgehead atoms. The minimum Gasteiger partial charge on any atom is -0.394 e. The highest BCUT2D eigenvalue weighted by Gasteiger charge is 2.44. The highest BCUT2D eigenvalue weighted by atomic mass is 35.5. The van der Waals surface area contributed by atoms with Crippen LogP contribution in [0.5, 0.6) is 0 Å². The van der Waals surface area contributed by atoms with Gasteiger partial charge in [0.05, 0.1) is 12.9 Å². The van der Waals surface area contributed by atoms with Gasteiger partial charge in [-0.2, -0.15) is 4.98 Å². The maximum atomic E-state index is 11.6. The number of halogens is 1. The number of imidazole rings is 1. The molecule has 2 aromatic rings. The Kier molecular flexibility index (Phi) is 3.22. The van der Waals surface area contributed by atoms with Gasteiger partial charge in [0, 0.05) is 0 Å². The number of aliphatic hydroxyl groups is 3. The molecular formula is C10H11ClN4O5. The predicted molar refractivity (Wildman–Crippen MR) is 66.2 cm³/mol. The number of fused-ring (bicyclic) bond motifs is 1. The van der Waals surface area contributed by atoms with Crippen LogP contribution in [-0.2, 0) is 4.74 Å². The summed E-state index contributed by atoms with van der Waals surface area (Å²) in [7, 11) is 0. The summed E-state index contributed by atoms with van der Waals surface area (Å²) < 4.78 is 6.64. The molecule has 1 fully saturated rings. The monoisotopic (exact) mass is 302 g/mol. The molecule has 20 heavy (non-hydrogen) atoms. The van der Waals surface area contributed by atoms with E-state index < -0.39 is 36.7 Å². The molecule has 9 nitrogen and oxygen atoms in total. The zero-order chi connectivity index (χ0) is 14.4. The Hall–Kier alpha value is -1.52. The van der Waals surface area contributed by atoms with E-state index in [4.69, 9.17) is 21.4 Å². The number of H-pyrrole nitrogens is 1. The van der Waals surface area contributed by atoms with Crippen LogP contribution in [0.4, 0.5) is 0 Å². The first-order valence-electron chi connectivity index (χ1n) is 5.77. The number of nitrogens with one attached hydrogen (secondary N) is 1. The topological polar surface area (TPSA) is 133 Å². The van der Waals surface area contributed by atoms with Crippen LogP contribution in [-0.4, -0.2) is 59.8 Å². The number of hydrogen-bond acceptors (Lipinski definition) is 7. The van der Waals surface area contributed by atoms with Gasteiger partial charge >= 0.3 is 0 Å². The van der Waals surface area contributed by atoms with Crippen molar-refractivity contribution in [2.75, 3.05) is 6.61 Å². The first kappa shape index (κ1) is 13.5. The average Bonchev–Trinajstić information content (AvgIpc) is 2.93. The smallest absolute Gasteiger partial charge is 0.280 e. The van der Waals surface area contributed by atoms with Crippen LogP contribution in [0.15, 0.2) is 11.1 Å². The van der Waals surface area contributed by atoms with Gasteiger partial charge in [0.1, 0.15) is 18.3 Å². The summed E-state index contributed by atoms with van der Waals surface area (Å²) in [5.41, 5.74) is -0.369. The Bertz CT molecular complexity index is 701. The molecule has 1 aliphatic rings. The maximum Gasteiger partial charge on any atom is 0.280 e. The Morgan fingerprint density at radius 3 is 2.85 bits per heavy atom. The molecule has 1 aliphatic heterocycles. The summed E-state index contributed by atoms with van der Waals surface area (Å²) in [5, 5.41) is 28.6. The lowest BCUT2D eigenvalue weighted by Gasteiger charge is -2.16. The fourth-order valence-electron chi connectivity index (χ4n) is 2.20. The van der Waals surface area contributed by atoms with Crippen LogP contribution in [0, 0.1) is 0 Å². The molecular weight excluding hydrogens is 292 g/mol. The standard InChI is InChI=1S/C10H11ClN4O5/c11-10-13-7-4(8(19)14-10)12-2-15(7)9-6(18)5(17)3(1-16)20-9/h2-3,5-6,9,16-18H,1H2,(H,13,14,19)/t3-,5+,6-,9-/m1/s1. The summed E-state index contributed by atoms with van der Waals surface area (Å²) in [4.78, 5) is 21.7. The van der Waals surface area contributed by atoms with Crippen LogP contribution < -0.4 is 5.56 Å². The normalized spacial score (nSPS) is 30.2. The van der Waals surface area contributed by atoms with E-state index in [1.54, 1.807) is 0 Å². The first-order valence-corrected chi connectivity index (χ1v) is 6.15. The van der Waals surface area contributed by atoms with Crippen molar-refractivity contribution >= 4 is 22.8 Å². The molecule has 10 heteroatoms. The van der Waals surface area contributed by atoms with Gasteiger partial charge in [-0.3, -0.25) is 14.3 Å². The quantitative estimate of drug-likeness (QED) is 0.490. The van der Waals surface area contributed by atoms with Crippen LogP contribution in [0.25, 0.3) is 11.2 Å². The lowest BCUT2D eigenvalue weighted by molar-refractivity contribution is -0.0511. The molecule has 4 N–H and O–H groups in total. The van der Waals surface area contributed by atoms with Crippen LogP contribution in [0.1, 0.15) is 6.23 Å². The molecule has 3 rings (SSSR count). The van der Waals surface area contributed by atoms with Crippen molar-refractivity contribution in [2.24, 2.45) is 0 Å². The molecule has 0 aliphatic carbocycles. The molecule has 0 amide bonds. The molecule has 0 saturated carbocycles. The van der Waals surface area contributed by atoms with E-state index in [1.165, 1.54) is 10.9 Å². The number of aromatic amines is 1. The first-order chi connectivity index (χ1) is 9.52. The molecule has 108 valence electrons. The Morgan fingerprint density at radius 1 is 1.45 bits per heavy atom. The molecule has 1 saturated heterocycles. The second-order valence-electron chi connectivity index (χ2n) is 4.41. The predicted octanol–water partition coefficient (Wildman–Crippen LogP) is -1.62. The third-order valence-corrected chi connectivity index (χ3v) is 3.37. The minimum absolute atomic E-state index is 0.0344. The van der Waals surface area contributed by atoms with Gasteiger partial charge in [0.2, 0.25) is 5.28 Å². The van der Waals surface area contributed by atoms with Gasteiger partial charge in [0.15, 0.2) is 17.4 Å². The van der Waals surface area contributed by atoms with Gasteiger partial charge in [-0.05, 0) is 11.6 Å². The number of aromatic nitrogens is 4. The number of nitrogens with zero attached hydrogens (tertiary/aromatic N) is 3. The van der Waals surface area contributed by atoms with Crippen molar-refractivity contribution < 1.29 is 20.1 Å². The van der Waals surface area contributed by atoms with Crippen LogP contribution in [0.2, 0.25) is 5.28 Å². The minimum atomic E-state index is -1.29. The van der Waals surface area contributed by atoms with Crippen molar-refractivity contribution in [3.63, 3.8) is 0 Å². The van der Waals surface area contributed by atoms with Gasteiger partial charge in [0.25, 0.3) is 5.56 Å². The molecule has 0 radical (unpaired) electrons. The molecule has 0 aromatic carbocycles. The van der Waals surface area contributed by atoms with Crippen molar-refractivity contribution in [1.82, 2.24) is 19.5 Å². The molecule has 3 heterocycles. The summed E-state index contributed by atoms with van der Waals surface area (Å²) in [6.07, 6.45) is -3.23. The number of ether oxygens (including phenoxy) is 1. The van der Waals surface area contributed by atoms with Crippen molar-refractivity contribution in [3.8, 4) is 0 Å². The summed E-state index contributed by atoms with van der Waals surface area (Å²) in [5.74, 6) is 0. The Morgan fingerprint density at radius 2 is 2.20 bits per heavy atom. The lowest BCUT2D eigenvalue weighted by Crippen LogP contribution is -2.33. The lowest BCUT2D eigenvalue weighted by atomic mass is 10.1. The van der Waals surface area contributed by atoms with E-state index in [2.05, 4.69) is 15.0 Å². The molecule has 4 atom stereocenters. The van der Waals surface area contributed by atoms with Crippen molar-refractivity contribution in [3.05, 3.63) is 22.0 Å². The number of aliphatic hydroxyl groups excluding tert-OH is 3. The Balaban J connectivity index is 2.09. The fraction of sp³-hybridized carbons (Fsp3) is 0.500. The second kappa shape index (κ2) is 4.79. The van der Waals surface area contributed by atoms with Crippen LogP contribution >= 0.6 is 11.6 Å². The molecule has 0 spiro atoms. The molecule has 0 unspecified atom stereocenters. The zero-order valence-electron chi connectivity index (χ0n) is 9.97. The summed E-state index contributed by atoms with van der Waals surface area (Å²) in [6.45, 7) is -0.448. The average molecular weight is 303 g/mol.